The summed E-state index contributed by atoms with van der Waals surface area (Å²) in [4.78, 5) is 7.01. The molecule has 0 aliphatic rings. The predicted molar refractivity (Wildman–Crippen MR) is 111 cm³/mol. The van der Waals surface area contributed by atoms with Gasteiger partial charge < -0.3 is 10.1 Å². The number of nitrogens with zero attached hydrogens (tertiary/aromatic N) is 3. The van der Waals surface area contributed by atoms with Crippen molar-refractivity contribution in [2.45, 2.75) is 6.54 Å². The lowest BCUT2D eigenvalue weighted by molar-refractivity contribution is 0.323. The first kappa shape index (κ1) is 18.5. The van der Waals surface area contributed by atoms with Crippen LogP contribution in [0.4, 0.5) is 5.69 Å². The van der Waals surface area contributed by atoms with Crippen molar-refractivity contribution in [1.82, 2.24) is 14.3 Å². The third-order valence-corrected chi connectivity index (χ3v) is 4.82. The highest BCUT2D eigenvalue weighted by atomic mass is 35.5. The maximum atomic E-state index is 6.22. The number of fused-ring (bicyclic) bond motifs is 1. The number of nitrogen functional groups attached to an aromatic ring is 1. The van der Waals surface area contributed by atoms with Gasteiger partial charge in [0.2, 0.25) is 0 Å². The van der Waals surface area contributed by atoms with Crippen LogP contribution in [0, 0.1) is 0 Å². The predicted octanol–water partition coefficient (Wildman–Crippen LogP) is 5.06. The molecular weight excluding hydrogens is 367 g/mol. The van der Waals surface area contributed by atoms with Crippen molar-refractivity contribution >= 4 is 34.5 Å². The Balaban J connectivity index is 2.16. The number of imidazole rings is 1. The maximum Gasteiger partial charge on any atom is 0.137 e. The molecule has 2 heterocycles. The topological polar surface area (TPSA) is 46.6 Å². The van der Waals surface area contributed by atoms with Gasteiger partial charge >= 0.3 is 0 Å². The van der Waals surface area contributed by atoms with Gasteiger partial charge in [-0.15, -0.1) is 13.2 Å². The smallest absolute Gasteiger partial charge is 0.137 e. The van der Waals surface area contributed by atoms with Crippen LogP contribution >= 0.6 is 23.2 Å². The van der Waals surface area contributed by atoms with Crippen LogP contribution in [0.2, 0.25) is 10.0 Å². The molecule has 3 aromatic rings. The SMILES string of the molecule is C=CCN(CC=C)Cc1c(-c2ccc(Cl)c(Cl)c2)nc2ccc(N)cn12. The van der Waals surface area contributed by atoms with E-state index in [-0.39, 0.29) is 0 Å². The molecule has 0 aliphatic heterocycles. The largest absolute Gasteiger partial charge is 0.398 e. The standard InChI is InChI=1S/C20H20Cl2N4/c1-3-9-25(10-4-2)13-18-20(14-5-7-16(21)17(22)11-14)24-19-8-6-15(23)12-26(18)19/h3-8,11-12H,1-2,9-10,13,23H2. The van der Waals surface area contributed by atoms with E-state index >= 15 is 0 Å². The summed E-state index contributed by atoms with van der Waals surface area (Å²) in [7, 11) is 0. The summed E-state index contributed by atoms with van der Waals surface area (Å²) in [5, 5.41) is 1.02. The van der Waals surface area contributed by atoms with Crippen molar-refractivity contribution in [3.8, 4) is 11.3 Å². The van der Waals surface area contributed by atoms with Crippen molar-refractivity contribution < 1.29 is 0 Å². The second kappa shape index (κ2) is 7.96. The Labute approximate surface area is 163 Å². The average Bonchev–Trinajstić information content (AvgIpc) is 2.96. The van der Waals surface area contributed by atoms with Crippen molar-refractivity contribution in [1.29, 1.82) is 0 Å². The number of hydrogen-bond donors (Lipinski definition) is 1. The van der Waals surface area contributed by atoms with E-state index in [1.54, 1.807) is 6.07 Å². The van der Waals surface area contributed by atoms with Gasteiger partial charge in [0.15, 0.2) is 0 Å². The Kier molecular flexibility index (Phi) is 5.67. The Morgan fingerprint density at radius 2 is 1.81 bits per heavy atom. The Morgan fingerprint density at radius 3 is 2.46 bits per heavy atom. The number of aromatic nitrogens is 2. The number of rotatable bonds is 7. The highest BCUT2D eigenvalue weighted by Crippen LogP contribution is 2.31. The van der Waals surface area contributed by atoms with Crippen LogP contribution in [-0.2, 0) is 6.54 Å². The molecule has 0 fully saturated rings. The normalized spacial score (nSPS) is 11.2. The Hall–Kier alpha value is -2.27. The molecule has 1 aromatic carbocycles. The number of halogens is 2. The summed E-state index contributed by atoms with van der Waals surface area (Å²) < 4.78 is 2.02. The van der Waals surface area contributed by atoms with Gasteiger partial charge in [0.1, 0.15) is 5.65 Å². The molecule has 3 rings (SSSR count). The van der Waals surface area contributed by atoms with Crippen LogP contribution in [0.3, 0.4) is 0 Å². The van der Waals surface area contributed by atoms with E-state index in [1.807, 2.05) is 47.0 Å². The van der Waals surface area contributed by atoms with Crippen molar-refractivity contribution in [3.63, 3.8) is 0 Å². The van der Waals surface area contributed by atoms with Crippen LogP contribution in [0.25, 0.3) is 16.9 Å². The molecule has 4 nitrogen and oxygen atoms in total. The monoisotopic (exact) mass is 386 g/mol. The number of pyridine rings is 1. The first-order chi connectivity index (χ1) is 12.5. The number of anilines is 1. The van der Waals surface area contributed by atoms with E-state index in [9.17, 15) is 0 Å². The Bertz CT molecular complexity index is 952. The lowest BCUT2D eigenvalue weighted by Crippen LogP contribution is -2.24. The highest BCUT2D eigenvalue weighted by molar-refractivity contribution is 6.42. The molecule has 0 saturated heterocycles. The molecule has 0 atom stereocenters. The van der Waals surface area contributed by atoms with Gasteiger partial charge in [-0.05, 0) is 24.3 Å². The molecule has 0 aliphatic carbocycles. The summed E-state index contributed by atoms with van der Waals surface area (Å²) in [6, 6.07) is 9.30. The number of hydrogen-bond acceptors (Lipinski definition) is 3. The fourth-order valence-electron chi connectivity index (χ4n) is 2.92. The molecule has 134 valence electrons. The van der Waals surface area contributed by atoms with E-state index in [4.69, 9.17) is 33.9 Å². The third-order valence-electron chi connectivity index (χ3n) is 4.08. The summed E-state index contributed by atoms with van der Waals surface area (Å²) in [5.41, 5.74) is 10.3. The van der Waals surface area contributed by atoms with Gasteiger partial charge in [-0.25, -0.2) is 4.98 Å². The molecule has 0 saturated carbocycles. The van der Waals surface area contributed by atoms with Crippen LogP contribution in [0.1, 0.15) is 5.69 Å². The highest BCUT2D eigenvalue weighted by Gasteiger charge is 2.17. The molecule has 2 aromatic heterocycles. The first-order valence-electron chi connectivity index (χ1n) is 8.19. The first-order valence-corrected chi connectivity index (χ1v) is 8.95. The lowest BCUT2D eigenvalue weighted by atomic mass is 10.1. The van der Waals surface area contributed by atoms with Crippen molar-refractivity contribution in [3.05, 3.63) is 77.6 Å². The zero-order valence-electron chi connectivity index (χ0n) is 14.3. The lowest BCUT2D eigenvalue weighted by Gasteiger charge is -2.19. The molecule has 0 unspecified atom stereocenters. The fourth-order valence-corrected chi connectivity index (χ4v) is 3.21. The summed E-state index contributed by atoms with van der Waals surface area (Å²) in [5.74, 6) is 0. The molecule has 0 radical (unpaired) electrons. The molecule has 26 heavy (non-hydrogen) atoms. The van der Waals surface area contributed by atoms with Crippen LogP contribution < -0.4 is 5.73 Å². The minimum absolute atomic E-state index is 0.501. The van der Waals surface area contributed by atoms with Crippen molar-refractivity contribution in [2.24, 2.45) is 0 Å². The molecule has 0 spiro atoms. The number of nitrogens with two attached hydrogens (primary N) is 1. The molecule has 0 amide bonds. The van der Waals surface area contributed by atoms with Gasteiger partial charge in [-0.1, -0.05) is 41.4 Å². The van der Waals surface area contributed by atoms with E-state index in [2.05, 4.69) is 18.1 Å². The van der Waals surface area contributed by atoms with E-state index in [1.165, 1.54) is 0 Å². The quantitative estimate of drug-likeness (QED) is 0.576. The summed E-state index contributed by atoms with van der Waals surface area (Å²) in [6.07, 6.45) is 5.64. The minimum Gasteiger partial charge on any atom is -0.398 e. The average molecular weight is 387 g/mol. The van der Waals surface area contributed by atoms with Crippen molar-refractivity contribution in [2.75, 3.05) is 18.8 Å². The molecular formula is C20H20Cl2N4. The second-order valence-corrected chi connectivity index (χ2v) is 6.81. The van der Waals surface area contributed by atoms with Gasteiger partial charge in [0, 0.05) is 37.1 Å². The van der Waals surface area contributed by atoms with Gasteiger partial charge in [-0.3, -0.25) is 4.90 Å². The van der Waals surface area contributed by atoms with Crippen LogP contribution in [-0.4, -0.2) is 27.4 Å². The van der Waals surface area contributed by atoms with Gasteiger partial charge in [0.05, 0.1) is 21.4 Å². The zero-order chi connectivity index (χ0) is 18.7. The van der Waals surface area contributed by atoms with E-state index < -0.39 is 0 Å². The maximum absolute atomic E-state index is 6.22. The van der Waals surface area contributed by atoms with E-state index in [0.29, 0.717) is 22.3 Å². The summed E-state index contributed by atoms with van der Waals surface area (Å²) >= 11 is 12.3. The number of benzene rings is 1. The second-order valence-electron chi connectivity index (χ2n) is 6.00. The van der Waals surface area contributed by atoms with E-state index in [0.717, 1.165) is 35.7 Å². The van der Waals surface area contributed by atoms with Crippen LogP contribution in [0.5, 0.6) is 0 Å². The molecule has 0 bridgehead atoms. The van der Waals surface area contributed by atoms with Crippen LogP contribution in [0.15, 0.2) is 61.8 Å². The third kappa shape index (κ3) is 3.78. The summed E-state index contributed by atoms with van der Waals surface area (Å²) in [6.45, 7) is 9.82. The molecule has 2 N–H and O–H groups in total. The fraction of sp³-hybridized carbons (Fsp3) is 0.150. The minimum atomic E-state index is 0.501. The molecule has 6 heteroatoms. The Morgan fingerprint density at radius 1 is 1.08 bits per heavy atom. The van der Waals surface area contributed by atoms with Gasteiger partial charge in [-0.2, -0.15) is 0 Å². The zero-order valence-corrected chi connectivity index (χ0v) is 15.8. The van der Waals surface area contributed by atoms with Gasteiger partial charge in [0.25, 0.3) is 0 Å².